The van der Waals surface area contributed by atoms with E-state index in [4.69, 9.17) is 0 Å². The second-order valence-corrected chi connectivity index (χ2v) is 10.9. The molecule has 0 radical (unpaired) electrons. The molecule has 2 aliphatic heterocycles. The summed E-state index contributed by atoms with van der Waals surface area (Å²) in [6.07, 6.45) is -4.64. The van der Waals surface area contributed by atoms with Crippen LogP contribution in [0.15, 0.2) is 21.7 Å². The van der Waals surface area contributed by atoms with E-state index in [1.807, 2.05) is 0 Å². The van der Waals surface area contributed by atoms with Gasteiger partial charge in [0.15, 0.2) is 10.0 Å². The molecule has 0 unspecified atom stereocenters. The number of rotatable bonds is 7. The highest BCUT2D eigenvalue weighted by Gasteiger charge is 2.54. The highest BCUT2D eigenvalue weighted by Crippen LogP contribution is 2.41. The highest BCUT2D eigenvalue weighted by atomic mass is 32.2. The standard InChI is InChI=1S/C18H17F3N6O4S3/c1-7-3-10(18(19,20)21)25-26(7)4-11(28)22-12-14(29)27-13(16(30)31)9(5-32-15(12)27)6-33-17-24-23-8(2)34-17/h3,12,15H,4-6H2,1-2H3,(H,22,28)(H,30,31)/t12-,15-/m0/s1. The molecule has 2 aliphatic rings. The third-order valence-corrected chi connectivity index (χ3v) is 8.41. The predicted octanol–water partition coefficient (Wildman–Crippen LogP) is 1.90. The number of thioether (sulfide) groups is 2. The second-order valence-electron chi connectivity index (χ2n) is 7.41. The minimum atomic E-state index is -4.64. The molecule has 2 aromatic rings. The lowest BCUT2D eigenvalue weighted by Gasteiger charge is -2.49. The van der Waals surface area contributed by atoms with Gasteiger partial charge in [-0.3, -0.25) is 19.2 Å². The summed E-state index contributed by atoms with van der Waals surface area (Å²) in [6, 6.07) is -0.155. The number of fused-ring (bicyclic) bond motifs is 1. The van der Waals surface area contributed by atoms with Crippen LogP contribution in [0.25, 0.3) is 0 Å². The number of nitrogens with one attached hydrogen (secondary N) is 1. The van der Waals surface area contributed by atoms with Crippen molar-refractivity contribution < 1.29 is 32.7 Å². The van der Waals surface area contributed by atoms with Crippen LogP contribution in [-0.2, 0) is 27.1 Å². The molecule has 10 nitrogen and oxygen atoms in total. The summed E-state index contributed by atoms with van der Waals surface area (Å²) in [6.45, 7) is 2.68. The number of nitrogens with zero attached hydrogens (tertiary/aromatic N) is 5. The monoisotopic (exact) mass is 534 g/mol. The Bertz CT molecular complexity index is 1190. The van der Waals surface area contributed by atoms with Crippen LogP contribution in [-0.4, -0.2) is 70.7 Å². The summed E-state index contributed by atoms with van der Waals surface area (Å²) >= 11 is 4.01. The third-order valence-electron chi connectivity index (χ3n) is 5.01. The van der Waals surface area contributed by atoms with Gasteiger partial charge in [-0.1, -0.05) is 23.1 Å². The van der Waals surface area contributed by atoms with Gasteiger partial charge in [0.25, 0.3) is 5.91 Å². The Labute approximate surface area is 203 Å². The summed E-state index contributed by atoms with van der Waals surface area (Å²) in [5.74, 6) is -1.89. The molecule has 4 rings (SSSR count). The van der Waals surface area contributed by atoms with Crippen molar-refractivity contribution in [3.05, 3.63) is 33.7 Å². The molecule has 16 heteroatoms. The SMILES string of the molecule is Cc1nnc(SCC2=C(C(=O)O)N3C(=O)[C@H](NC(=O)Cn4nc(C(F)(F)F)cc4C)[C@@H]3SC2)s1. The lowest BCUT2D eigenvalue weighted by molar-refractivity contribution is -0.150. The van der Waals surface area contributed by atoms with Crippen LogP contribution < -0.4 is 5.32 Å². The molecule has 2 amide bonds. The fourth-order valence-corrected chi connectivity index (χ4v) is 6.74. The number of amides is 2. The fourth-order valence-electron chi connectivity index (χ4n) is 3.44. The minimum absolute atomic E-state index is 0.120. The summed E-state index contributed by atoms with van der Waals surface area (Å²) in [5.41, 5.74) is -0.542. The van der Waals surface area contributed by atoms with E-state index in [-0.39, 0.29) is 11.4 Å². The summed E-state index contributed by atoms with van der Waals surface area (Å²) in [7, 11) is 0. The van der Waals surface area contributed by atoms with E-state index in [1.54, 1.807) is 6.92 Å². The van der Waals surface area contributed by atoms with Crippen LogP contribution in [0.5, 0.6) is 0 Å². The van der Waals surface area contributed by atoms with Gasteiger partial charge in [0.1, 0.15) is 28.7 Å². The van der Waals surface area contributed by atoms with E-state index in [0.717, 1.165) is 20.7 Å². The maximum absolute atomic E-state index is 12.8. The topological polar surface area (TPSA) is 130 Å². The van der Waals surface area contributed by atoms with Crippen molar-refractivity contribution in [1.29, 1.82) is 0 Å². The Morgan fingerprint density at radius 3 is 2.65 bits per heavy atom. The van der Waals surface area contributed by atoms with Crippen molar-refractivity contribution in [3.8, 4) is 0 Å². The molecule has 0 aromatic carbocycles. The molecule has 182 valence electrons. The Morgan fingerprint density at radius 1 is 1.32 bits per heavy atom. The van der Waals surface area contributed by atoms with Gasteiger partial charge in [0.05, 0.1) is 0 Å². The van der Waals surface area contributed by atoms with Gasteiger partial charge in [0, 0.05) is 17.2 Å². The van der Waals surface area contributed by atoms with Gasteiger partial charge in [-0.25, -0.2) is 4.79 Å². The van der Waals surface area contributed by atoms with Crippen molar-refractivity contribution in [2.45, 2.75) is 42.3 Å². The van der Waals surface area contributed by atoms with E-state index in [2.05, 4.69) is 20.6 Å². The van der Waals surface area contributed by atoms with Crippen LogP contribution in [0, 0.1) is 13.8 Å². The van der Waals surface area contributed by atoms with Crippen LogP contribution in [0.2, 0.25) is 0 Å². The zero-order valence-electron chi connectivity index (χ0n) is 17.6. The second kappa shape index (κ2) is 9.22. The van der Waals surface area contributed by atoms with Gasteiger partial charge in [0.2, 0.25) is 5.91 Å². The molecule has 2 N–H and O–H groups in total. The van der Waals surface area contributed by atoms with E-state index in [9.17, 15) is 32.7 Å². The van der Waals surface area contributed by atoms with E-state index < -0.39 is 47.6 Å². The molecule has 0 aliphatic carbocycles. The zero-order valence-corrected chi connectivity index (χ0v) is 20.1. The normalized spacial score (nSPS) is 20.3. The first-order valence-corrected chi connectivity index (χ1v) is 12.5. The van der Waals surface area contributed by atoms with Gasteiger partial charge in [-0.2, -0.15) is 18.3 Å². The summed E-state index contributed by atoms with van der Waals surface area (Å²) in [4.78, 5) is 38.2. The number of hydrogen-bond acceptors (Lipinski definition) is 9. The first kappa shape index (κ1) is 24.5. The van der Waals surface area contributed by atoms with Crippen LogP contribution in [0.4, 0.5) is 13.2 Å². The molecule has 4 heterocycles. The zero-order chi connectivity index (χ0) is 24.8. The smallest absolute Gasteiger partial charge is 0.435 e. The first-order chi connectivity index (χ1) is 16.0. The Balaban J connectivity index is 1.42. The molecule has 0 bridgehead atoms. The molecule has 2 atom stereocenters. The van der Waals surface area contributed by atoms with Crippen molar-refractivity contribution in [2.75, 3.05) is 11.5 Å². The van der Waals surface area contributed by atoms with Crippen LogP contribution in [0.3, 0.4) is 0 Å². The van der Waals surface area contributed by atoms with E-state index >= 15 is 0 Å². The number of hydrogen-bond donors (Lipinski definition) is 2. The maximum Gasteiger partial charge on any atom is 0.435 e. The van der Waals surface area contributed by atoms with Crippen LogP contribution >= 0.6 is 34.9 Å². The maximum atomic E-state index is 12.8. The van der Waals surface area contributed by atoms with Gasteiger partial charge < -0.3 is 10.4 Å². The summed E-state index contributed by atoms with van der Waals surface area (Å²) in [5, 5.41) is 23.7. The number of alkyl halides is 3. The molecule has 34 heavy (non-hydrogen) atoms. The average molecular weight is 535 g/mol. The largest absolute Gasteiger partial charge is 0.477 e. The third kappa shape index (κ3) is 4.79. The highest BCUT2D eigenvalue weighted by molar-refractivity contribution is 8.01. The van der Waals surface area contributed by atoms with Crippen molar-refractivity contribution in [2.24, 2.45) is 0 Å². The van der Waals surface area contributed by atoms with E-state index in [0.29, 0.717) is 21.4 Å². The number of β-lactam (4-membered cyclic amide) rings is 1. The van der Waals surface area contributed by atoms with E-state index in [1.165, 1.54) is 41.8 Å². The lowest BCUT2D eigenvalue weighted by Crippen LogP contribution is -2.70. The van der Waals surface area contributed by atoms with Crippen molar-refractivity contribution in [3.63, 3.8) is 0 Å². The number of carbonyl (C=O) groups excluding carboxylic acids is 2. The molecular weight excluding hydrogens is 517 g/mol. The van der Waals surface area contributed by atoms with Crippen molar-refractivity contribution in [1.82, 2.24) is 30.2 Å². The number of halogens is 3. The van der Waals surface area contributed by atoms with Gasteiger partial charge >= 0.3 is 12.1 Å². The quantitative estimate of drug-likeness (QED) is 0.404. The molecule has 1 fully saturated rings. The first-order valence-electron chi connectivity index (χ1n) is 9.69. The Kier molecular flexibility index (Phi) is 6.65. The Hall–Kier alpha value is -2.59. The number of carbonyl (C=O) groups is 3. The number of aryl methyl sites for hydroxylation is 2. The number of aliphatic carboxylic acids is 1. The van der Waals surface area contributed by atoms with Crippen molar-refractivity contribution >= 4 is 52.6 Å². The minimum Gasteiger partial charge on any atom is -0.477 e. The average Bonchev–Trinajstić information content (AvgIpc) is 3.34. The number of carboxylic acid groups (broad SMARTS) is 1. The lowest BCUT2D eigenvalue weighted by atomic mass is 10.0. The fraction of sp³-hybridized carbons (Fsp3) is 0.444. The molecular formula is C18H17F3N6O4S3. The van der Waals surface area contributed by atoms with Gasteiger partial charge in [-0.15, -0.1) is 22.0 Å². The number of carboxylic acids is 1. The number of aromatic nitrogens is 4. The Morgan fingerprint density at radius 2 is 2.06 bits per heavy atom. The summed E-state index contributed by atoms with van der Waals surface area (Å²) < 4.78 is 40.1. The molecule has 1 saturated heterocycles. The molecule has 0 spiro atoms. The predicted molar refractivity (Wildman–Crippen MR) is 117 cm³/mol. The van der Waals surface area contributed by atoms with Gasteiger partial charge in [-0.05, 0) is 25.5 Å². The van der Waals surface area contributed by atoms with Crippen LogP contribution in [0.1, 0.15) is 16.4 Å². The molecule has 2 aromatic heterocycles. The molecule has 0 saturated carbocycles.